The van der Waals surface area contributed by atoms with Crippen molar-refractivity contribution >= 4 is 0 Å². The molecule has 0 saturated carbocycles. The highest BCUT2D eigenvalue weighted by molar-refractivity contribution is 4.63. The van der Waals surface area contributed by atoms with Crippen molar-refractivity contribution in [1.82, 2.24) is 20.3 Å². The van der Waals surface area contributed by atoms with Crippen LogP contribution in [0.25, 0.3) is 0 Å². The van der Waals surface area contributed by atoms with Gasteiger partial charge < -0.3 is 5.32 Å². The van der Waals surface area contributed by atoms with Gasteiger partial charge in [0.15, 0.2) is 0 Å². The topological polar surface area (TPSA) is 42.7 Å². The number of nitrogens with zero attached hydrogens (tertiary/aromatic N) is 3. The summed E-state index contributed by atoms with van der Waals surface area (Å²) in [6, 6.07) is 0. The molecule has 4 nitrogen and oxygen atoms in total. The second-order valence-corrected chi connectivity index (χ2v) is 4.31. The molecule has 0 bridgehead atoms. The van der Waals surface area contributed by atoms with Crippen LogP contribution in [-0.2, 0) is 6.54 Å². The molecular formula is C11H22N4. The van der Waals surface area contributed by atoms with E-state index in [0.29, 0.717) is 0 Å². The zero-order valence-corrected chi connectivity index (χ0v) is 9.82. The lowest BCUT2D eigenvalue weighted by Crippen LogP contribution is -2.18. The molecule has 0 aliphatic rings. The zero-order chi connectivity index (χ0) is 10.9. The number of hydrogen-bond acceptors (Lipinski definition) is 3. The van der Waals surface area contributed by atoms with E-state index in [2.05, 4.69) is 29.5 Å². The van der Waals surface area contributed by atoms with Crippen LogP contribution in [0.15, 0.2) is 12.4 Å². The molecule has 0 saturated heterocycles. The Morgan fingerprint density at radius 2 is 2.07 bits per heavy atom. The fourth-order valence-corrected chi connectivity index (χ4v) is 1.48. The summed E-state index contributed by atoms with van der Waals surface area (Å²) in [4.78, 5) is 0. The first-order valence-electron chi connectivity index (χ1n) is 5.84. The maximum atomic E-state index is 3.91. The minimum Gasteiger partial charge on any atom is -0.317 e. The van der Waals surface area contributed by atoms with Crippen LogP contribution in [0.2, 0.25) is 0 Å². The summed E-state index contributed by atoms with van der Waals surface area (Å²) >= 11 is 0. The molecule has 1 heterocycles. The highest BCUT2D eigenvalue weighted by Crippen LogP contribution is 2.01. The smallest absolute Gasteiger partial charge is 0.0692 e. The lowest BCUT2D eigenvalue weighted by atomic mass is 10.1. The van der Waals surface area contributed by atoms with Gasteiger partial charge in [0, 0.05) is 12.7 Å². The van der Waals surface area contributed by atoms with Gasteiger partial charge in [-0.15, -0.1) is 5.10 Å². The second-order valence-electron chi connectivity index (χ2n) is 4.31. The molecule has 0 amide bonds. The third kappa shape index (κ3) is 6.23. The number of aryl methyl sites for hydroxylation is 1. The molecule has 1 aromatic heterocycles. The van der Waals surface area contributed by atoms with Crippen molar-refractivity contribution in [2.24, 2.45) is 5.92 Å². The van der Waals surface area contributed by atoms with Crippen LogP contribution in [0.4, 0.5) is 0 Å². The van der Waals surface area contributed by atoms with Gasteiger partial charge in [0.05, 0.1) is 6.20 Å². The first-order chi connectivity index (χ1) is 7.29. The normalized spacial score (nSPS) is 11.1. The van der Waals surface area contributed by atoms with Gasteiger partial charge in [0.1, 0.15) is 0 Å². The van der Waals surface area contributed by atoms with E-state index in [1.807, 2.05) is 10.9 Å². The van der Waals surface area contributed by atoms with Crippen LogP contribution in [0.3, 0.4) is 0 Å². The number of nitrogens with one attached hydrogen (secondary N) is 1. The summed E-state index contributed by atoms with van der Waals surface area (Å²) in [5.74, 6) is 0.821. The molecule has 0 spiro atoms. The molecule has 0 unspecified atom stereocenters. The van der Waals surface area contributed by atoms with Crippen molar-refractivity contribution in [3.63, 3.8) is 0 Å². The third-order valence-corrected chi connectivity index (χ3v) is 2.35. The van der Waals surface area contributed by atoms with Crippen LogP contribution in [-0.4, -0.2) is 28.1 Å². The maximum Gasteiger partial charge on any atom is 0.0692 e. The lowest BCUT2D eigenvalue weighted by molar-refractivity contribution is 0.500. The Morgan fingerprint density at radius 3 is 2.73 bits per heavy atom. The van der Waals surface area contributed by atoms with E-state index in [1.54, 1.807) is 6.20 Å². The Kier molecular flexibility index (Phi) is 6.00. The van der Waals surface area contributed by atoms with Crippen molar-refractivity contribution in [3.8, 4) is 0 Å². The molecule has 0 radical (unpaired) electrons. The average molecular weight is 210 g/mol. The van der Waals surface area contributed by atoms with E-state index >= 15 is 0 Å². The average Bonchev–Trinajstić information content (AvgIpc) is 2.68. The molecule has 1 N–H and O–H groups in total. The highest BCUT2D eigenvalue weighted by atomic mass is 15.4. The molecule has 15 heavy (non-hydrogen) atoms. The predicted molar refractivity (Wildman–Crippen MR) is 61.6 cm³/mol. The summed E-state index contributed by atoms with van der Waals surface area (Å²) in [7, 11) is 0. The highest BCUT2D eigenvalue weighted by Gasteiger charge is 1.94. The van der Waals surface area contributed by atoms with Gasteiger partial charge in [-0.1, -0.05) is 19.1 Å². The number of hydrogen-bond donors (Lipinski definition) is 1. The molecule has 1 rings (SSSR count). The molecule has 0 aromatic carbocycles. The maximum absolute atomic E-state index is 3.91. The summed E-state index contributed by atoms with van der Waals surface area (Å²) in [5.41, 5.74) is 0. The third-order valence-electron chi connectivity index (χ3n) is 2.35. The van der Waals surface area contributed by atoms with Crippen LogP contribution >= 0.6 is 0 Å². The van der Waals surface area contributed by atoms with Gasteiger partial charge in [-0.25, -0.2) is 0 Å². The van der Waals surface area contributed by atoms with Gasteiger partial charge in [0.25, 0.3) is 0 Å². The Labute approximate surface area is 92.1 Å². The van der Waals surface area contributed by atoms with Crippen LogP contribution in [0, 0.1) is 5.92 Å². The van der Waals surface area contributed by atoms with Crippen LogP contribution in [0.5, 0.6) is 0 Å². The molecule has 86 valence electrons. The summed E-state index contributed by atoms with van der Waals surface area (Å²) in [6.07, 6.45) is 7.33. The zero-order valence-electron chi connectivity index (χ0n) is 9.82. The SMILES string of the molecule is CC(C)CCCNCCCn1ccnn1. The quantitative estimate of drug-likeness (QED) is 0.664. The van der Waals surface area contributed by atoms with E-state index in [0.717, 1.165) is 32.0 Å². The van der Waals surface area contributed by atoms with Crippen molar-refractivity contribution in [2.75, 3.05) is 13.1 Å². The van der Waals surface area contributed by atoms with Crippen molar-refractivity contribution in [1.29, 1.82) is 0 Å². The minimum atomic E-state index is 0.821. The Morgan fingerprint density at radius 1 is 1.27 bits per heavy atom. The summed E-state index contributed by atoms with van der Waals surface area (Å²) in [5, 5.41) is 11.1. The molecule has 0 atom stereocenters. The van der Waals surface area contributed by atoms with Gasteiger partial charge in [0.2, 0.25) is 0 Å². The van der Waals surface area contributed by atoms with E-state index in [4.69, 9.17) is 0 Å². The van der Waals surface area contributed by atoms with E-state index < -0.39 is 0 Å². The molecule has 1 aromatic rings. The van der Waals surface area contributed by atoms with E-state index in [1.165, 1.54) is 12.8 Å². The lowest BCUT2D eigenvalue weighted by Gasteiger charge is -2.06. The fraction of sp³-hybridized carbons (Fsp3) is 0.818. The summed E-state index contributed by atoms with van der Waals surface area (Å²) in [6.45, 7) is 7.69. The van der Waals surface area contributed by atoms with Gasteiger partial charge in [-0.05, 0) is 38.3 Å². The summed E-state index contributed by atoms with van der Waals surface area (Å²) < 4.78 is 1.87. The second kappa shape index (κ2) is 7.40. The standard InChI is InChI=1S/C11H22N4/c1-11(2)5-3-6-12-7-4-9-15-10-8-13-14-15/h8,10-12H,3-7,9H2,1-2H3. The minimum absolute atomic E-state index is 0.821. The van der Waals surface area contributed by atoms with Crippen molar-refractivity contribution in [3.05, 3.63) is 12.4 Å². The van der Waals surface area contributed by atoms with Crippen molar-refractivity contribution in [2.45, 2.75) is 39.7 Å². The first-order valence-corrected chi connectivity index (χ1v) is 5.84. The van der Waals surface area contributed by atoms with Crippen LogP contribution < -0.4 is 5.32 Å². The largest absolute Gasteiger partial charge is 0.317 e. The molecule has 0 fully saturated rings. The van der Waals surface area contributed by atoms with Crippen LogP contribution in [0.1, 0.15) is 33.1 Å². The van der Waals surface area contributed by atoms with Gasteiger partial charge in [-0.3, -0.25) is 4.68 Å². The van der Waals surface area contributed by atoms with E-state index in [9.17, 15) is 0 Å². The number of aromatic nitrogens is 3. The Bertz CT molecular complexity index is 231. The monoisotopic (exact) mass is 210 g/mol. The predicted octanol–water partition coefficient (Wildman–Crippen LogP) is 1.69. The van der Waals surface area contributed by atoms with Gasteiger partial charge in [-0.2, -0.15) is 0 Å². The molecular weight excluding hydrogens is 188 g/mol. The molecule has 0 aliphatic heterocycles. The Balaban J connectivity index is 1.85. The molecule has 0 aliphatic carbocycles. The number of rotatable bonds is 8. The van der Waals surface area contributed by atoms with Crippen molar-refractivity contribution < 1.29 is 0 Å². The van der Waals surface area contributed by atoms with Gasteiger partial charge >= 0.3 is 0 Å². The fourth-order valence-electron chi connectivity index (χ4n) is 1.48. The first kappa shape index (κ1) is 12.2. The van der Waals surface area contributed by atoms with E-state index in [-0.39, 0.29) is 0 Å². The Hall–Kier alpha value is -0.900. The molecule has 4 heteroatoms.